The van der Waals surface area contributed by atoms with Crippen LogP contribution in [0.4, 0.5) is 4.79 Å². The number of benzene rings is 2. The predicted molar refractivity (Wildman–Crippen MR) is 124 cm³/mol. The van der Waals surface area contributed by atoms with Crippen molar-refractivity contribution in [2.24, 2.45) is 5.92 Å². The van der Waals surface area contributed by atoms with E-state index in [0.717, 1.165) is 35.1 Å². The van der Waals surface area contributed by atoms with Gasteiger partial charge in [0, 0.05) is 24.4 Å². The number of carboxylic acids is 1. The van der Waals surface area contributed by atoms with Gasteiger partial charge >= 0.3 is 12.1 Å². The van der Waals surface area contributed by atoms with E-state index < -0.39 is 24.0 Å². The maximum absolute atomic E-state index is 12.4. The monoisotopic (exact) mass is 450 g/mol. The minimum atomic E-state index is -0.871. The van der Waals surface area contributed by atoms with E-state index in [1.807, 2.05) is 24.3 Å². The summed E-state index contributed by atoms with van der Waals surface area (Å²) in [5, 5.41) is 14.9. The van der Waals surface area contributed by atoms with Crippen molar-refractivity contribution >= 4 is 18.0 Å². The quantitative estimate of drug-likeness (QED) is 0.590. The average Bonchev–Trinajstić information content (AvgIpc) is 3.11. The summed E-state index contributed by atoms with van der Waals surface area (Å²) >= 11 is 0. The van der Waals surface area contributed by atoms with Gasteiger partial charge in [0.25, 0.3) is 0 Å². The lowest BCUT2D eigenvalue weighted by atomic mass is 9.84. The first kappa shape index (κ1) is 22.8. The van der Waals surface area contributed by atoms with Gasteiger partial charge in [0.15, 0.2) is 0 Å². The maximum atomic E-state index is 12.4. The number of hydrogen-bond donors (Lipinski definition) is 3. The number of carbonyl (C=O) groups is 3. The van der Waals surface area contributed by atoms with Crippen molar-refractivity contribution in [3.63, 3.8) is 0 Å². The van der Waals surface area contributed by atoms with E-state index in [2.05, 4.69) is 34.9 Å². The van der Waals surface area contributed by atoms with Gasteiger partial charge < -0.3 is 20.5 Å². The predicted octanol–water partition coefficient (Wildman–Crippen LogP) is 4.06. The first-order chi connectivity index (χ1) is 15.9. The van der Waals surface area contributed by atoms with Gasteiger partial charge in [0.05, 0.1) is 5.92 Å². The second-order valence-corrected chi connectivity index (χ2v) is 8.98. The summed E-state index contributed by atoms with van der Waals surface area (Å²) in [5.74, 6) is -1.71. The number of nitrogens with one attached hydrogen (secondary N) is 2. The molecule has 0 aromatic heterocycles. The topological polar surface area (TPSA) is 105 Å². The SMILES string of the molecule is C[C@H](CC(=O)N[C@H]1CCCC[C@H]1C(=O)O)NC(=O)OCC1c2ccccc2-c2ccccc21. The fourth-order valence-electron chi connectivity index (χ4n) is 5.04. The van der Waals surface area contributed by atoms with E-state index in [9.17, 15) is 19.5 Å². The minimum Gasteiger partial charge on any atom is -0.481 e. The lowest BCUT2D eigenvalue weighted by molar-refractivity contribution is -0.144. The highest BCUT2D eigenvalue weighted by Crippen LogP contribution is 2.44. The lowest BCUT2D eigenvalue weighted by Gasteiger charge is -2.29. The molecule has 0 unspecified atom stereocenters. The highest BCUT2D eigenvalue weighted by molar-refractivity contribution is 5.80. The van der Waals surface area contributed by atoms with E-state index in [1.165, 1.54) is 0 Å². The highest BCUT2D eigenvalue weighted by atomic mass is 16.5. The zero-order chi connectivity index (χ0) is 23.4. The Morgan fingerprint density at radius 3 is 2.24 bits per heavy atom. The first-order valence-electron chi connectivity index (χ1n) is 11.6. The van der Waals surface area contributed by atoms with Crippen LogP contribution in [-0.2, 0) is 14.3 Å². The van der Waals surface area contributed by atoms with Gasteiger partial charge in [-0.1, -0.05) is 61.4 Å². The number of hydrogen-bond acceptors (Lipinski definition) is 4. The van der Waals surface area contributed by atoms with Gasteiger partial charge in [0.1, 0.15) is 6.61 Å². The summed E-state index contributed by atoms with van der Waals surface area (Å²) in [6.07, 6.45) is 2.50. The Bertz CT molecular complexity index is 991. The van der Waals surface area contributed by atoms with Crippen LogP contribution in [0.25, 0.3) is 11.1 Å². The van der Waals surface area contributed by atoms with Crippen molar-refractivity contribution in [1.82, 2.24) is 10.6 Å². The van der Waals surface area contributed by atoms with E-state index in [4.69, 9.17) is 4.74 Å². The maximum Gasteiger partial charge on any atom is 0.407 e. The molecule has 0 saturated heterocycles. The Hall–Kier alpha value is -3.35. The van der Waals surface area contributed by atoms with Crippen LogP contribution in [0.2, 0.25) is 0 Å². The van der Waals surface area contributed by atoms with E-state index >= 15 is 0 Å². The average molecular weight is 451 g/mol. The number of carboxylic acid groups (broad SMARTS) is 1. The Morgan fingerprint density at radius 1 is 1.00 bits per heavy atom. The molecule has 3 atom stereocenters. The molecule has 3 N–H and O–H groups in total. The summed E-state index contributed by atoms with van der Waals surface area (Å²) in [5.41, 5.74) is 4.60. The zero-order valence-electron chi connectivity index (χ0n) is 18.8. The molecule has 2 aliphatic rings. The van der Waals surface area contributed by atoms with Crippen molar-refractivity contribution in [1.29, 1.82) is 0 Å². The zero-order valence-corrected chi connectivity index (χ0v) is 18.8. The first-order valence-corrected chi connectivity index (χ1v) is 11.6. The minimum absolute atomic E-state index is 0.0268. The summed E-state index contributed by atoms with van der Waals surface area (Å²) < 4.78 is 5.53. The molecule has 7 nitrogen and oxygen atoms in total. The third-order valence-corrected chi connectivity index (χ3v) is 6.63. The van der Waals surface area contributed by atoms with Crippen molar-refractivity contribution in [2.45, 2.75) is 57.0 Å². The number of fused-ring (bicyclic) bond motifs is 3. The van der Waals surface area contributed by atoms with Crippen LogP contribution in [0.15, 0.2) is 48.5 Å². The molecule has 0 aliphatic heterocycles. The number of rotatable bonds is 7. The summed E-state index contributed by atoms with van der Waals surface area (Å²) in [6, 6.07) is 15.5. The Labute approximate surface area is 193 Å². The van der Waals surface area contributed by atoms with Crippen molar-refractivity contribution in [2.75, 3.05) is 6.61 Å². The van der Waals surface area contributed by atoms with Crippen LogP contribution in [0.1, 0.15) is 56.1 Å². The standard InChI is InChI=1S/C26H30N2O5/c1-16(14-24(29)28-23-13-7-6-12-21(23)25(30)31)27-26(32)33-15-22-19-10-4-2-8-17(19)18-9-3-5-11-20(18)22/h2-5,8-11,16,21-23H,6-7,12-15H2,1H3,(H,27,32)(H,28,29)(H,30,31)/t16-,21-,23+/m1/s1. The number of aliphatic carboxylic acids is 1. The van der Waals surface area contributed by atoms with Crippen LogP contribution in [-0.4, -0.2) is 41.8 Å². The van der Waals surface area contributed by atoms with Gasteiger partial charge in [-0.2, -0.15) is 0 Å². The normalized spacial score (nSPS) is 20.3. The molecular weight excluding hydrogens is 420 g/mol. The summed E-state index contributed by atoms with van der Waals surface area (Å²) in [4.78, 5) is 36.2. The van der Waals surface area contributed by atoms with Crippen molar-refractivity contribution in [3.05, 3.63) is 59.7 Å². The molecule has 2 aromatic carbocycles. The van der Waals surface area contributed by atoms with Gasteiger partial charge in [-0.25, -0.2) is 4.79 Å². The summed E-state index contributed by atoms with van der Waals surface area (Å²) in [7, 11) is 0. The molecule has 0 spiro atoms. The molecule has 2 aliphatic carbocycles. The van der Waals surface area contributed by atoms with Gasteiger partial charge in [0.2, 0.25) is 5.91 Å². The Kier molecular flexibility index (Phi) is 6.96. The highest BCUT2D eigenvalue weighted by Gasteiger charge is 2.32. The number of alkyl carbamates (subject to hydrolysis) is 1. The number of carbonyl (C=O) groups excluding carboxylic acids is 2. The largest absolute Gasteiger partial charge is 0.481 e. The fraction of sp³-hybridized carbons (Fsp3) is 0.423. The smallest absolute Gasteiger partial charge is 0.407 e. The van der Waals surface area contributed by atoms with Crippen LogP contribution >= 0.6 is 0 Å². The summed E-state index contributed by atoms with van der Waals surface area (Å²) in [6.45, 7) is 1.94. The molecule has 0 heterocycles. The van der Waals surface area contributed by atoms with E-state index in [-0.39, 0.29) is 30.9 Å². The van der Waals surface area contributed by atoms with Gasteiger partial charge in [-0.05, 0) is 42.0 Å². The molecule has 0 radical (unpaired) electrons. The van der Waals surface area contributed by atoms with Gasteiger partial charge in [-0.3, -0.25) is 9.59 Å². The molecule has 4 rings (SSSR count). The Balaban J connectivity index is 1.28. The van der Waals surface area contributed by atoms with Crippen LogP contribution in [0.5, 0.6) is 0 Å². The molecule has 0 bridgehead atoms. The third-order valence-electron chi connectivity index (χ3n) is 6.63. The molecule has 1 saturated carbocycles. The molecule has 2 amide bonds. The number of ether oxygens (including phenoxy) is 1. The molecule has 2 aromatic rings. The lowest BCUT2D eigenvalue weighted by Crippen LogP contribution is -2.47. The number of amides is 2. The second kappa shape index (κ2) is 10.1. The second-order valence-electron chi connectivity index (χ2n) is 8.98. The fourth-order valence-corrected chi connectivity index (χ4v) is 5.04. The molecule has 174 valence electrons. The van der Waals surface area contributed by atoms with E-state index in [0.29, 0.717) is 12.8 Å². The van der Waals surface area contributed by atoms with E-state index in [1.54, 1.807) is 6.92 Å². The molecular formula is C26H30N2O5. The molecule has 33 heavy (non-hydrogen) atoms. The van der Waals surface area contributed by atoms with Crippen LogP contribution in [0, 0.1) is 5.92 Å². The van der Waals surface area contributed by atoms with Gasteiger partial charge in [-0.15, -0.1) is 0 Å². The van der Waals surface area contributed by atoms with Crippen LogP contribution in [0.3, 0.4) is 0 Å². The van der Waals surface area contributed by atoms with Crippen molar-refractivity contribution in [3.8, 4) is 11.1 Å². The third kappa shape index (κ3) is 5.18. The van der Waals surface area contributed by atoms with Crippen LogP contribution < -0.4 is 10.6 Å². The van der Waals surface area contributed by atoms with Crippen molar-refractivity contribution < 1.29 is 24.2 Å². The Morgan fingerprint density at radius 2 is 1.61 bits per heavy atom. The molecule has 1 fully saturated rings. The molecule has 7 heteroatoms.